The van der Waals surface area contributed by atoms with Gasteiger partial charge in [0, 0.05) is 0 Å². The Morgan fingerprint density at radius 1 is 1.38 bits per heavy atom. The van der Waals surface area contributed by atoms with Crippen molar-refractivity contribution in [3.05, 3.63) is 29.8 Å². The molecule has 70 valence electrons. The van der Waals surface area contributed by atoms with Gasteiger partial charge in [0.15, 0.2) is 0 Å². The highest BCUT2D eigenvalue weighted by molar-refractivity contribution is 5.32. The fourth-order valence-corrected chi connectivity index (χ4v) is 1.77. The lowest BCUT2D eigenvalue weighted by molar-refractivity contribution is 0.414. The maximum absolute atomic E-state index is 5.59. The summed E-state index contributed by atoms with van der Waals surface area (Å²) in [5, 5.41) is 0. The van der Waals surface area contributed by atoms with E-state index in [1.165, 1.54) is 12.0 Å². The zero-order valence-electron chi connectivity index (χ0n) is 7.86. The first-order valence-electron chi connectivity index (χ1n) is 4.69. The second-order valence-electron chi connectivity index (χ2n) is 3.61. The molecule has 0 aromatic heterocycles. The predicted octanol–water partition coefficient (Wildman–Crippen LogP) is 1.76. The molecule has 2 heteroatoms. The molecule has 2 N–H and O–H groups in total. The molecule has 13 heavy (non-hydrogen) atoms. The Morgan fingerprint density at radius 3 is 2.54 bits per heavy atom. The molecule has 1 aromatic carbocycles. The van der Waals surface area contributed by atoms with Gasteiger partial charge in [-0.1, -0.05) is 12.1 Å². The molecule has 1 aliphatic rings. The lowest BCUT2D eigenvalue weighted by Crippen LogP contribution is -2.01. The predicted molar refractivity (Wildman–Crippen MR) is 52.9 cm³/mol. The summed E-state index contributed by atoms with van der Waals surface area (Å²) in [4.78, 5) is 0. The van der Waals surface area contributed by atoms with Gasteiger partial charge in [-0.15, -0.1) is 0 Å². The Hall–Kier alpha value is -1.02. The topological polar surface area (TPSA) is 35.2 Å². The van der Waals surface area contributed by atoms with Crippen LogP contribution in [-0.2, 0) is 0 Å². The van der Waals surface area contributed by atoms with E-state index in [0.29, 0.717) is 11.8 Å². The van der Waals surface area contributed by atoms with Crippen LogP contribution in [0.5, 0.6) is 5.75 Å². The Kier molecular flexibility index (Phi) is 2.23. The van der Waals surface area contributed by atoms with Crippen LogP contribution in [0.3, 0.4) is 0 Å². The summed E-state index contributed by atoms with van der Waals surface area (Å²) in [6, 6.07) is 8.31. The molecule has 0 heterocycles. The molecule has 1 saturated carbocycles. The number of hydrogen-bond acceptors (Lipinski definition) is 2. The number of hydrogen-bond donors (Lipinski definition) is 1. The highest BCUT2D eigenvalue weighted by atomic mass is 16.5. The van der Waals surface area contributed by atoms with Crippen LogP contribution in [0.4, 0.5) is 0 Å². The lowest BCUT2D eigenvalue weighted by atomic mass is 10.1. The number of nitrogens with two attached hydrogens (primary N) is 1. The summed E-state index contributed by atoms with van der Waals surface area (Å²) in [6.07, 6.45) is 1.25. The third-order valence-electron chi connectivity index (χ3n) is 2.77. The first-order valence-corrected chi connectivity index (χ1v) is 4.69. The van der Waals surface area contributed by atoms with E-state index in [9.17, 15) is 0 Å². The van der Waals surface area contributed by atoms with Crippen molar-refractivity contribution in [3.63, 3.8) is 0 Å². The van der Waals surface area contributed by atoms with E-state index < -0.39 is 0 Å². The average Bonchev–Trinajstić information content (AvgIpc) is 2.97. The fourth-order valence-electron chi connectivity index (χ4n) is 1.77. The van der Waals surface area contributed by atoms with Gasteiger partial charge in [0.1, 0.15) is 5.75 Å². The summed E-state index contributed by atoms with van der Waals surface area (Å²) < 4.78 is 5.10. The van der Waals surface area contributed by atoms with Gasteiger partial charge in [-0.2, -0.15) is 0 Å². The van der Waals surface area contributed by atoms with E-state index in [-0.39, 0.29) is 0 Å². The van der Waals surface area contributed by atoms with Crippen molar-refractivity contribution in [2.45, 2.75) is 12.3 Å². The van der Waals surface area contributed by atoms with Gasteiger partial charge in [-0.05, 0) is 42.5 Å². The van der Waals surface area contributed by atoms with Gasteiger partial charge in [0.25, 0.3) is 0 Å². The van der Waals surface area contributed by atoms with Crippen LogP contribution in [-0.4, -0.2) is 13.7 Å². The van der Waals surface area contributed by atoms with Crippen LogP contribution in [0, 0.1) is 5.92 Å². The maximum Gasteiger partial charge on any atom is 0.118 e. The number of ether oxygens (including phenoxy) is 1. The molecule has 0 radical (unpaired) electrons. The molecule has 0 saturated heterocycles. The first-order chi connectivity index (χ1) is 6.35. The second kappa shape index (κ2) is 3.38. The van der Waals surface area contributed by atoms with Crippen LogP contribution in [0.2, 0.25) is 0 Å². The van der Waals surface area contributed by atoms with Crippen molar-refractivity contribution in [1.29, 1.82) is 0 Å². The molecule has 2 rings (SSSR count). The maximum atomic E-state index is 5.59. The number of methoxy groups -OCH3 is 1. The number of benzene rings is 1. The highest BCUT2D eigenvalue weighted by Crippen LogP contribution is 2.46. The number of rotatable bonds is 3. The van der Waals surface area contributed by atoms with Crippen molar-refractivity contribution >= 4 is 0 Å². The van der Waals surface area contributed by atoms with E-state index in [2.05, 4.69) is 12.1 Å². The van der Waals surface area contributed by atoms with E-state index >= 15 is 0 Å². The van der Waals surface area contributed by atoms with E-state index in [1.54, 1.807) is 7.11 Å². The van der Waals surface area contributed by atoms with Gasteiger partial charge in [-0.25, -0.2) is 0 Å². The molecular weight excluding hydrogens is 162 g/mol. The first kappa shape index (κ1) is 8.57. The Labute approximate surface area is 78.7 Å². The van der Waals surface area contributed by atoms with Crippen LogP contribution >= 0.6 is 0 Å². The molecule has 1 aromatic rings. The van der Waals surface area contributed by atoms with E-state index in [1.807, 2.05) is 12.1 Å². The van der Waals surface area contributed by atoms with Crippen LogP contribution < -0.4 is 10.5 Å². The summed E-state index contributed by atoms with van der Waals surface area (Å²) in [6.45, 7) is 0.816. The minimum atomic E-state index is 0.705. The smallest absolute Gasteiger partial charge is 0.118 e. The van der Waals surface area contributed by atoms with Crippen molar-refractivity contribution in [1.82, 2.24) is 0 Å². The van der Waals surface area contributed by atoms with Gasteiger partial charge >= 0.3 is 0 Å². The molecule has 0 aliphatic heterocycles. The van der Waals surface area contributed by atoms with Gasteiger partial charge in [0.2, 0.25) is 0 Å². The van der Waals surface area contributed by atoms with Crippen molar-refractivity contribution in [2.24, 2.45) is 11.7 Å². The molecule has 2 atom stereocenters. The van der Waals surface area contributed by atoms with Gasteiger partial charge in [-0.3, -0.25) is 0 Å². The van der Waals surface area contributed by atoms with Crippen LogP contribution in [0.1, 0.15) is 17.9 Å². The van der Waals surface area contributed by atoms with Crippen molar-refractivity contribution < 1.29 is 4.74 Å². The Morgan fingerprint density at radius 2 is 2.08 bits per heavy atom. The second-order valence-corrected chi connectivity index (χ2v) is 3.61. The van der Waals surface area contributed by atoms with Crippen molar-refractivity contribution in [3.8, 4) is 5.75 Å². The Bertz CT molecular complexity index is 281. The summed E-state index contributed by atoms with van der Waals surface area (Å²) in [7, 11) is 1.69. The quantitative estimate of drug-likeness (QED) is 0.763. The molecule has 0 spiro atoms. The van der Waals surface area contributed by atoms with E-state index in [4.69, 9.17) is 10.5 Å². The molecule has 1 unspecified atom stereocenters. The summed E-state index contributed by atoms with van der Waals surface area (Å²) >= 11 is 0. The monoisotopic (exact) mass is 177 g/mol. The molecule has 0 amide bonds. The average molecular weight is 177 g/mol. The van der Waals surface area contributed by atoms with Crippen LogP contribution in [0.15, 0.2) is 24.3 Å². The van der Waals surface area contributed by atoms with Crippen molar-refractivity contribution in [2.75, 3.05) is 13.7 Å². The van der Waals surface area contributed by atoms with Gasteiger partial charge in [0.05, 0.1) is 7.11 Å². The third-order valence-corrected chi connectivity index (χ3v) is 2.77. The third kappa shape index (κ3) is 1.68. The minimum Gasteiger partial charge on any atom is -0.497 e. The largest absolute Gasteiger partial charge is 0.497 e. The molecule has 1 aliphatic carbocycles. The zero-order valence-corrected chi connectivity index (χ0v) is 7.86. The molecular formula is C11H15NO. The summed E-state index contributed by atoms with van der Waals surface area (Å²) in [5.41, 5.74) is 6.99. The summed E-state index contributed by atoms with van der Waals surface area (Å²) in [5.74, 6) is 2.35. The minimum absolute atomic E-state index is 0.705. The lowest BCUT2D eigenvalue weighted by Gasteiger charge is -2.01. The molecule has 0 bridgehead atoms. The molecule has 1 fully saturated rings. The standard InChI is InChI=1S/C11H15NO/c1-13-10-4-2-8(3-5-10)11-6-9(11)7-12/h2-5,9,11H,6-7,12H2,1H3/t9-,11?/m0/s1. The Balaban J connectivity index is 2.07. The normalized spacial score (nSPS) is 25.7. The van der Waals surface area contributed by atoms with Gasteiger partial charge < -0.3 is 10.5 Å². The molecule has 2 nitrogen and oxygen atoms in total. The SMILES string of the molecule is COc1ccc(C2C[C@H]2CN)cc1. The zero-order chi connectivity index (χ0) is 9.26. The van der Waals surface area contributed by atoms with Crippen LogP contribution in [0.25, 0.3) is 0 Å². The highest BCUT2D eigenvalue weighted by Gasteiger charge is 2.36. The fraction of sp³-hybridized carbons (Fsp3) is 0.455. The van der Waals surface area contributed by atoms with E-state index in [0.717, 1.165) is 12.3 Å².